The van der Waals surface area contributed by atoms with Crippen LogP contribution in [0.25, 0.3) is 0 Å². The first-order chi connectivity index (χ1) is 8.58. The Bertz CT molecular complexity index is 602. The number of nitrogens with zero attached hydrogens (tertiary/aromatic N) is 1. The Labute approximate surface area is 101 Å². The minimum absolute atomic E-state index is 0.0226. The first-order valence-corrected chi connectivity index (χ1v) is 5.03. The molecule has 0 fully saturated rings. The predicted octanol–water partition coefficient (Wildman–Crippen LogP) is 3.62. The van der Waals surface area contributed by atoms with E-state index in [4.69, 9.17) is 0 Å². The number of benzene rings is 2. The molecule has 0 radical (unpaired) electrons. The Morgan fingerprint density at radius 1 is 1.11 bits per heavy atom. The van der Waals surface area contributed by atoms with E-state index in [9.17, 15) is 18.9 Å². The zero-order valence-corrected chi connectivity index (χ0v) is 9.06. The smallest absolute Gasteiger partial charge is 0.327 e. The van der Waals surface area contributed by atoms with Crippen LogP contribution >= 0.6 is 0 Å². The summed E-state index contributed by atoms with van der Waals surface area (Å²) in [5.41, 5.74) is -0.379. The third-order valence-electron chi connectivity index (χ3n) is 2.27. The molecule has 6 heteroatoms. The highest BCUT2D eigenvalue weighted by Gasteiger charge is 2.19. The van der Waals surface area contributed by atoms with Gasteiger partial charge in [0.1, 0.15) is 11.5 Å². The second kappa shape index (κ2) is 4.79. The molecule has 0 spiro atoms. The zero-order chi connectivity index (χ0) is 13.1. The maximum atomic E-state index is 13.3. The molecule has 0 amide bonds. The van der Waals surface area contributed by atoms with Crippen LogP contribution in [-0.4, -0.2) is 4.92 Å². The number of nitro benzene ring substituents is 1. The van der Waals surface area contributed by atoms with Gasteiger partial charge in [0.25, 0.3) is 0 Å². The molecule has 2 rings (SSSR count). The fourth-order valence-electron chi connectivity index (χ4n) is 1.52. The van der Waals surface area contributed by atoms with Gasteiger partial charge in [-0.25, -0.2) is 4.39 Å². The summed E-state index contributed by atoms with van der Waals surface area (Å²) in [5, 5.41) is 13.4. The molecule has 0 aliphatic heterocycles. The van der Waals surface area contributed by atoms with Crippen LogP contribution in [0.1, 0.15) is 0 Å². The minimum atomic E-state index is -0.943. The molecular formula is C12H8F2N2O2. The van der Waals surface area contributed by atoms with Crippen LogP contribution in [0.15, 0.2) is 42.5 Å². The number of rotatable bonds is 3. The third kappa shape index (κ3) is 2.42. The second-order valence-corrected chi connectivity index (χ2v) is 3.53. The van der Waals surface area contributed by atoms with Gasteiger partial charge in [-0.05, 0) is 30.3 Å². The highest BCUT2D eigenvalue weighted by molar-refractivity contribution is 5.69. The van der Waals surface area contributed by atoms with Crippen LogP contribution in [-0.2, 0) is 0 Å². The summed E-state index contributed by atoms with van der Waals surface area (Å²) < 4.78 is 26.3. The molecule has 0 saturated heterocycles. The van der Waals surface area contributed by atoms with Crippen LogP contribution in [0, 0.1) is 21.7 Å². The van der Waals surface area contributed by atoms with E-state index in [2.05, 4.69) is 5.32 Å². The monoisotopic (exact) mass is 250 g/mol. The van der Waals surface area contributed by atoms with Gasteiger partial charge < -0.3 is 5.32 Å². The van der Waals surface area contributed by atoms with Gasteiger partial charge in [-0.15, -0.1) is 0 Å². The summed E-state index contributed by atoms with van der Waals surface area (Å²) in [6.45, 7) is 0. The van der Waals surface area contributed by atoms with Gasteiger partial charge in [-0.3, -0.25) is 10.1 Å². The molecule has 0 saturated carbocycles. The average molecular weight is 250 g/mol. The number of hydrogen-bond acceptors (Lipinski definition) is 3. The molecule has 0 aromatic heterocycles. The van der Waals surface area contributed by atoms with E-state index in [-0.39, 0.29) is 5.69 Å². The summed E-state index contributed by atoms with van der Waals surface area (Å²) in [4.78, 5) is 9.93. The molecule has 18 heavy (non-hydrogen) atoms. The van der Waals surface area contributed by atoms with Gasteiger partial charge in [0.05, 0.1) is 4.92 Å². The summed E-state index contributed by atoms with van der Waals surface area (Å²) in [7, 11) is 0. The molecule has 0 heterocycles. The SMILES string of the molecule is O=[N+]([O-])c1c(F)cccc1Nc1cccc(F)c1. The maximum absolute atomic E-state index is 13.3. The van der Waals surface area contributed by atoms with Crippen molar-refractivity contribution in [2.45, 2.75) is 0 Å². The molecule has 1 N–H and O–H groups in total. The topological polar surface area (TPSA) is 55.2 Å². The summed E-state index contributed by atoms with van der Waals surface area (Å²) in [5.74, 6) is -1.43. The summed E-state index contributed by atoms with van der Waals surface area (Å²) in [6, 6.07) is 9.06. The molecule has 0 aliphatic carbocycles. The Hall–Kier alpha value is -2.50. The molecule has 0 unspecified atom stereocenters. The first-order valence-electron chi connectivity index (χ1n) is 5.03. The molecule has 0 bridgehead atoms. The summed E-state index contributed by atoms with van der Waals surface area (Å²) >= 11 is 0. The van der Waals surface area contributed by atoms with Crippen molar-refractivity contribution in [2.24, 2.45) is 0 Å². The van der Waals surface area contributed by atoms with Gasteiger partial charge in [-0.1, -0.05) is 12.1 Å². The fourth-order valence-corrected chi connectivity index (χ4v) is 1.52. The average Bonchev–Trinajstić information content (AvgIpc) is 2.28. The van der Waals surface area contributed by atoms with Crippen LogP contribution < -0.4 is 5.32 Å². The van der Waals surface area contributed by atoms with Crippen LogP contribution in [0.3, 0.4) is 0 Å². The van der Waals surface area contributed by atoms with Crippen molar-refractivity contribution in [1.82, 2.24) is 0 Å². The van der Waals surface area contributed by atoms with Gasteiger partial charge in [0.2, 0.25) is 5.82 Å². The Morgan fingerprint density at radius 2 is 1.83 bits per heavy atom. The molecule has 2 aromatic rings. The van der Waals surface area contributed by atoms with Crippen molar-refractivity contribution < 1.29 is 13.7 Å². The Morgan fingerprint density at radius 3 is 2.50 bits per heavy atom. The van der Waals surface area contributed by atoms with Crippen molar-refractivity contribution in [2.75, 3.05) is 5.32 Å². The number of para-hydroxylation sites is 1. The van der Waals surface area contributed by atoms with E-state index >= 15 is 0 Å². The Kier molecular flexibility index (Phi) is 3.18. The molecule has 4 nitrogen and oxygen atoms in total. The second-order valence-electron chi connectivity index (χ2n) is 3.53. The lowest BCUT2D eigenvalue weighted by atomic mass is 10.2. The van der Waals surface area contributed by atoms with Gasteiger partial charge >= 0.3 is 5.69 Å². The Balaban J connectivity index is 2.40. The normalized spacial score (nSPS) is 10.1. The van der Waals surface area contributed by atoms with Crippen molar-refractivity contribution in [3.8, 4) is 0 Å². The standard InChI is InChI=1S/C12H8F2N2O2/c13-8-3-1-4-9(7-8)15-11-6-2-5-10(14)12(11)16(17)18/h1-7,15H. The minimum Gasteiger partial charge on any atom is -0.350 e. The molecule has 0 atom stereocenters. The van der Waals surface area contributed by atoms with E-state index in [1.165, 1.54) is 30.3 Å². The van der Waals surface area contributed by atoms with Crippen molar-refractivity contribution in [1.29, 1.82) is 0 Å². The highest BCUT2D eigenvalue weighted by atomic mass is 19.1. The van der Waals surface area contributed by atoms with Gasteiger partial charge in [-0.2, -0.15) is 4.39 Å². The van der Waals surface area contributed by atoms with Crippen LogP contribution in [0.5, 0.6) is 0 Å². The molecular weight excluding hydrogens is 242 g/mol. The highest BCUT2D eigenvalue weighted by Crippen LogP contribution is 2.29. The summed E-state index contributed by atoms with van der Waals surface area (Å²) in [6.07, 6.45) is 0. The van der Waals surface area contributed by atoms with Crippen LogP contribution in [0.4, 0.5) is 25.8 Å². The number of nitro groups is 1. The van der Waals surface area contributed by atoms with E-state index < -0.39 is 22.2 Å². The lowest BCUT2D eigenvalue weighted by Gasteiger charge is -2.07. The van der Waals surface area contributed by atoms with E-state index in [0.717, 1.165) is 12.1 Å². The van der Waals surface area contributed by atoms with Crippen molar-refractivity contribution >= 4 is 17.1 Å². The lowest BCUT2D eigenvalue weighted by Crippen LogP contribution is -1.99. The molecule has 2 aromatic carbocycles. The third-order valence-corrected chi connectivity index (χ3v) is 2.27. The van der Waals surface area contributed by atoms with Gasteiger partial charge in [0.15, 0.2) is 0 Å². The number of hydrogen-bond donors (Lipinski definition) is 1. The van der Waals surface area contributed by atoms with Crippen molar-refractivity contribution in [3.05, 3.63) is 64.2 Å². The predicted molar refractivity (Wildman–Crippen MR) is 62.7 cm³/mol. The first kappa shape index (κ1) is 12.0. The largest absolute Gasteiger partial charge is 0.350 e. The van der Waals surface area contributed by atoms with E-state index in [0.29, 0.717) is 5.69 Å². The molecule has 92 valence electrons. The fraction of sp³-hybridized carbons (Fsp3) is 0. The number of nitrogens with one attached hydrogen (secondary N) is 1. The number of anilines is 2. The zero-order valence-electron chi connectivity index (χ0n) is 9.06. The van der Waals surface area contributed by atoms with E-state index in [1.807, 2.05) is 0 Å². The number of halogens is 2. The van der Waals surface area contributed by atoms with Crippen molar-refractivity contribution in [3.63, 3.8) is 0 Å². The maximum Gasteiger partial charge on any atom is 0.327 e. The molecule has 0 aliphatic rings. The quantitative estimate of drug-likeness (QED) is 0.668. The van der Waals surface area contributed by atoms with E-state index in [1.54, 1.807) is 0 Å². The van der Waals surface area contributed by atoms with Crippen LogP contribution in [0.2, 0.25) is 0 Å². The van der Waals surface area contributed by atoms with Gasteiger partial charge in [0, 0.05) is 5.69 Å². The lowest BCUT2D eigenvalue weighted by molar-refractivity contribution is -0.386.